The van der Waals surface area contributed by atoms with Crippen LogP contribution in [0.3, 0.4) is 0 Å². The van der Waals surface area contributed by atoms with Gasteiger partial charge in [-0.05, 0) is 57.5 Å². The average Bonchev–Trinajstić information content (AvgIpc) is 2.54. The van der Waals surface area contributed by atoms with Gasteiger partial charge in [0.05, 0.1) is 12.0 Å². The van der Waals surface area contributed by atoms with Gasteiger partial charge >= 0.3 is 0 Å². The second-order valence-electron chi connectivity index (χ2n) is 7.00. The number of rotatable bonds is 6. The van der Waals surface area contributed by atoms with E-state index < -0.39 is 5.41 Å². The number of carbonyl (C=O) groups is 1. The smallest absolute Gasteiger partial charge is 0.230 e. The van der Waals surface area contributed by atoms with E-state index in [0.717, 1.165) is 36.0 Å². The Hall–Kier alpha value is -0.910. The molecular formula is C18H27BrN2O2. The molecule has 1 aliphatic rings. The van der Waals surface area contributed by atoms with Gasteiger partial charge in [0.15, 0.2) is 0 Å². The zero-order valence-electron chi connectivity index (χ0n) is 14.2. The number of hydrogen-bond acceptors (Lipinski definition) is 3. The molecule has 1 amide bonds. The summed E-state index contributed by atoms with van der Waals surface area (Å²) in [7, 11) is 1.73. The van der Waals surface area contributed by atoms with Gasteiger partial charge in [0.1, 0.15) is 0 Å². The van der Waals surface area contributed by atoms with E-state index in [0.29, 0.717) is 13.2 Å². The Morgan fingerprint density at radius 1 is 1.39 bits per heavy atom. The molecular weight excluding hydrogens is 356 g/mol. The number of methoxy groups -OCH3 is 1. The van der Waals surface area contributed by atoms with Crippen LogP contribution < -0.4 is 10.6 Å². The Morgan fingerprint density at radius 3 is 2.70 bits per heavy atom. The molecule has 1 heterocycles. The van der Waals surface area contributed by atoms with Crippen LogP contribution in [0.5, 0.6) is 0 Å². The number of hydrogen-bond donors (Lipinski definition) is 2. The molecule has 2 N–H and O–H groups in total. The maximum Gasteiger partial charge on any atom is 0.230 e. The molecule has 0 unspecified atom stereocenters. The van der Waals surface area contributed by atoms with E-state index in [1.807, 2.05) is 38.1 Å². The molecule has 23 heavy (non-hydrogen) atoms. The molecule has 1 aliphatic heterocycles. The normalized spacial score (nSPS) is 17.7. The second-order valence-corrected chi connectivity index (χ2v) is 7.92. The highest BCUT2D eigenvalue weighted by Gasteiger charge is 2.35. The summed E-state index contributed by atoms with van der Waals surface area (Å²) in [5, 5.41) is 6.55. The Morgan fingerprint density at radius 2 is 2.09 bits per heavy atom. The van der Waals surface area contributed by atoms with E-state index in [2.05, 4.69) is 26.6 Å². The van der Waals surface area contributed by atoms with Crippen LogP contribution in [0, 0.1) is 5.41 Å². The first kappa shape index (κ1) is 18.4. The highest BCUT2D eigenvalue weighted by atomic mass is 79.9. The highest BCUT2D eigenvalue weighted by molar-refractivity contribution is 9.10. The van der Waals surface area contributed by atoms with Crippen LogP contribution in [0.25, 0.3) is 0 Å². The van der Waals surface area contributed by atoms with Crippen molar-refractivity contribution in [2.75, 3.05) is 33.4 Å². The quantitative estimate of drug-likeness (QED) is 0.794. The molecule has 0 radical (unpaired) electrons. The summed E-state index contributed by atoms with van der Waals surface area (Å²) in [6.07, 6.45) is 2.05. The van der Waals surface area contributed by atoms with Crippen molar-refractivity contribution in [3.63, 3.8) is 0 Å². The fraction of sp³-hybridized carbons (Fsp3) is 0.611. The van der Waals surface area contributed by atoms with Crippen molar-refractivity contribution in [3.8, 4) is 0 Å². The van der Waals surface area contributed by atoms with E-state index in [-0.39, 0.29) is 11.3 Å². The predicted molar refractivity (Wildman–Crippen MR) is 96.6 cm³/mol. The molecule has 0 atom stereocenters. The van der Waals surface area contributed by atoms with Crippen LogP contribution in [0.4, 0.5) is 0 Å². The van der Waals surface area contributed by atoms with Crippen molar-refractivity contribution < 1.29 is 9.53 Å². The largest absolute Gasteiger partial charge is 0.384 e. The third kappa shape index (κ3) is 4.55. The van der Waals surface area contributed by atoms with Crippen molar-refractivity contribution in [2.24, 2.45) is 5.41 Å². The molecule has 0 saturated carbocycles. The topological polar surface area (TPSA) is 50.4 Å². The molecule has 1 aromatic rings. The van der Waals surface area contributed by atoms with Crippen molar-refractivity contribution in [3.05, 3.63) is 34.3 Å². The van der Waals surface area contributed by atoms with Gasteiger partial charge in [0.2, 0.25) is 5.91 Å². The standard InChI is InChI=1S/C18H27BrN2O2/c1-17(2,14-5-4-6-15(19)11-14)16(22)21-12-18(13-23-3)7-9-20-10-8-18/h4-6,11,20H,7-10,12-13H2,1-3H3,(H,21,22). The van der Waals surface area contributed by atoms with Gasteiger partial charge in [-0.3, -0.25) is 4.79 Å². The van der Waals surface area contributed by atoms with Crippen LogP contribution in [0.2, 0.25) is 0 Å². The van der Waals surface area contributed by atoms with Gasteiger partial charge < -0.3 is 15.4 Å². The summed E-state index contributed by atoms with van der Waals surface area (Å²) in [5.41, 5.74) is 0.490. The third-order valence-corrected chi connectivity index (χ3v) is 5.35. The SMILES string of the molecule is COCC1(CNC(=O)C(C)(C)c2cccc(Br)c2)CCNCC1. The van der Waals surface area contributed by atoms with Gasteiger partial charge in [0.25, 0.3) is 0 Å². The van der Waals surface area contributed by atoms with E-state index in [9.17, 15) is 4.79 Å². The fourth-order valence-corrected chi connectivity index (χ4v) is 3.53. The summed E-state index contributed by atoms with van der Waals surface area (Å²) < 4.78 is 6.41. The lowest BCUT2D eigenvalue weighted by molar-refractivity contribution is -0.126. The fourth-order valence-electron chi connectivity index (χ4n) is 3.13. The molecule has 0 bridgehead atoms. The van der Waals surface area contributed by atoms with Crippen LogP contribution in [0.1, 0.15) is 32.3 Å². The molecule has 5 heteroatoms. The first-order valence-electron chi connectivity index (χ1n) is 8.14. The maximum absolute atomic E-state index is 12.8. The number of piperidine rings is 1. The molecule has 1 fully saturated rings. The first-order chi connectivity index (χ1) is 10.9. The second kappa shape index (κ2) is 7.77. The average molecular weight is 383 g/mol. The van der Waals surface area contributed by atoms with Crippen molar-refractivity contribution in [2.45, 2.75) is 32.1 Å². The van der Waals surface area contributed by atoms with E-state index in [1.54, 1.807) is 7.11 Å². The number of amides is 1. The Labute approximate surface area is 147 Å². The summed E-state index contributed by atoms with van der Waals surface area (Å²) >= 11 is 3.48. The number of halogens is 1. The third-order valence-electron chi connectivity index (χ3n) is 4.85. The van der Waals surface area contributed by atoms with E-state index >= 15 is 0 Å². The van der Waals surface area contributed by atoms with Crippen LogP contribution in [0.15, 0.2) is 28.7 Å². The van der Waals surface area contributed by atoms with Gasteiger partial charge in [-0.2, -0.15) is 0 Å². The molecule has 0 aliphatic carbocycles. The lowest BCUT2D eigenvalue weighted by Crippen LogP contribution is -2.50. The van der Waals surface area contributed by atoms with Gasteiger partial charge in [-0.25, -0.2) is 0 Å². The summed E-state index contributed by atoms with van der Waals surface area (Å²) in [5.74, 6) is 0.0598. The molecule has 0 aromatic heterocycles. The van der Waals surface area contributed by atoms with Crippen LogP contribution in [-0.4, -0.2) is 39.3 Å². The van der Waals surface area contributed by atoms with Gasteiger partial charge in [-0.15, -0.1) is 0 Å². The van der Waals surface area contributed by atoms with Crippen molar-refractivity contribution in [1.29, 1.82) is 0 Å². The molecule has 1 aromatic carbocycles. The molecule has 128 valence electrons. The lowest BCUT2D eigenvalue weighted by atomic mass is 9.78. The van der Waals surface area contributed by atoms with Crippen molar-refractivity contribution in [1.82, 2.24) is 10.6 Å². The Bertz CT molecular complexity index is 534. The maximum atomic E-state index is 12.8. The predicted octanol–water partition coefficient (Wildman–Crippen LogP) is 2.86. The number of benzene rings is 1. The lowest BCUT2D eigenvalue weighted by Gasteiger charge is -2.38. The summed E-state index contributed by atoms with van der Waals surface area (Å²) in [6.45, 7) is 7.25. The zero-order chi connectivity index (χ0) is 16.9. The molecule has 2 rings (SSSR count). The molecule has 1 saturated heterocycles. The summed E-state index contributed by atoms with van der Waals surface area (Å²) in [6, 6.07) is 7.95. The van der Waals surface area contributed by atoms with Crippen LogP contribution >= 0.6 is 15.9 Å². The van der Waals surface area contributed by atoms with Gasteiger partial charge in [0, 0.05) is 23.5 Å². The highest BCUT2D eigenvalue weighted by Crippen LogP contribution is 2.30. The minimum Gasteiger partial charge on any atom is -0.384 e. The van der Waals surface area contributed by atoms with Gasteiger partial charge in [-0.1, -0.05) is 28.1 Å². The summed E-state index contributed by atoms with van der Waals surface area (Å²) in [4.78, 5) is 12.8. The molecule has 4 nitrogen and oxygen atoms in total. The number of carbonyl (C=O) groups excluding carboxylic acids is 1. The Kier molecular flexibility index (Phi) is 6.23. The number of ether oxygens (including phenoxy) is 1. The molecule has 0 spiro atoms. The Balaban J connectivity index is 2.05. The first-order valence-corrected chi connectivity index (χ1v) is 8.93. The minimum absolute atomic E-state index is 0.0447. The minimum atomic E-state index is -0.565. The number of nitrogens with one attached hydrogen (secondary N) is 2. The van der Waals surface area contributed by atoms with E-state index in [1.165, 1.54) is 0 Å². The zero-order valence-corrected chi connectivity index (χ0v) is 15.8. The van der Waals surface area contributed by atoms with E-state index in [4.69, 9.17) is 4.74 Å². The monoisotopic (exact) mass is 382 g/mol. The van der Waals surface area contributed by atoms with Crippen LogP contribution in [-0.2, 0) is 14.9 Å². The van der Waals surface area contributed by atoms with Crippen molar-refractivity contribution >= 4 is 21.8 Å².